The average molecular weight is 370 g/mol. The Labute approximate surface area is 158 Å². The van der Waals surface area contributed by atoms with Crippen LogP contribution in [0.5, 0.6) is 0 Å². The van der Waals surface area contributed by atoms with Crippen LogP contribution in [0.4, 0.5) is 0 Å². The molecule has 6 rings (SSSR count). The summed E-state index contributed by atoms with van der Waals surface area (Å²) in [4.78, 5) is 4.71. The molecule has 26 heavy (non-hydrogen) atoms. The second-order valence-corrected chi connectivity index (χ2v) is 7.99. The topological polar surface area (TPSA) is 12.9 Å². The Morgan fingerprint density at radius 2 is 1.46 bits per heavy atom. The van der Waals surface area contributed by atoms with Crippen molar-refractivity contribution >= 4 is 75.6 Å². The van der Waals surface area contributed by atoms with Crippen LogP contribution in [0.1, 0.15) is 0 Å². The number of fused-ring (bicyclic) bond motifs is 8. The standard InChI is InChI=1S/C23H12ClNS/c24-23-22-21(16-7-3-4-8-20(16)26-22)18-12-17-14(11-19(18)25-23)10-9-13-5-1-2-6-15(13)17/h1-12H. The van der Waals surface area contributed by atoms with Crippen molar-refractivity contribution < 1.29 is 0 Å². The molecule has 0 aliphatic carbocycles. The maximum Gasteiger partial charge on any atom is 0.147 e. The second-order valence-electron chi connectivity index (χ2n) is 6.58. The zero-order valence-electron chi connectivity index (χ0n) is 13.7. The highest BCUT2D eigenvalue weighted by atomic mass is 35.5. The summed E-state index contributed by atoms with van der Waals surface area (Å²) in [5.41, 5.74) is 0.953. The molecule has 122 valence electrons. The van der Waals surface area contributed by atoms with E-state index in [4.69, 9.17) is 16.6 Å². The number of hydrogen-bond acceptors (Lipinski definition) is 2. The van der Waals surface area contributed by atoms with E-state index in [1.165, 1.54) is 42.4 Å². The van der Waals surface area contributed by atoms with E-state index in [1.54, 1.807) is 11.3 Å². The van der Waals surface area contributed by atoms with E-state index in [0.29, 0.717) is 5.15 Å². The zero-order chi connectivity index (χ0) is 17.3. The largest absolute Gasteiger partial charge is 0.235 e. The average Bonchev–Trinajstić information content (AvgIpc) is 3.07. The van der Waals surface area contributed by atoms with Crippen LogP contribution in [0.3, 0.4) is 0 Å². The predicted octanol–water partition coefficient (Wildman–Crippen LogP) is 7.56. The minimum absolute atomic E-state index is 0.592. The van der Waals surface area contributed by atoms with E-state index in [0.717, 1.165) is 10.2 Å². The van der Waals surface area contributed by atoms with E-state index >= 15 is 0 Å². The first kappa shape index (κ1) is 14.5. The number of aromatic nitrogens is 1. The first-order chi connectivity index (χ1) is 12.8. The molecule has 0 N–H and O–H groups in total. The molecular formula is C23H12ClNS. The van der Waals surface area contributed by atoms with Gasteiger partial charge in [0, 0.05) is 20.9 Å². The van der Waals surface area contributed by atoms with Crippen LogP contribution < -0.4 is 0 Å². The van der Waals surface area contributed by atoms with Crippen molar-refractivity contribution in [2.45, 2.75) is 0 Å². The van der Waals surface area contributed by atoms with Crippen LogP contribution in [0.25, 0.3) is 52.6 Å². The van der Waals surface area contributed by atoms with Gasteiger partial charge in [-0.05, 0) is 39.7 Å². The van der Waals surface area contributed by atoms with Crippen LogP contribution in [0, 0.1) is 0 Å². The van der Waals surface area contributed by atoms with Crippen LogP contribution in [0.2, 0.25) is 5.15 Å². The minimum Gasteiger partial charge on any atom is -0.235 e. The third-order valence-corrected chi connectivity index (χ3v) is 6.70. The molecule has 0 aliphatic heterocycles. The number of benzene rings is 4. The monoisotopic (exact) mass is 369 g/mol. The molecule has 0 radical (unpaired) electrons. The van der Waals surface area contributed by atoms with Gasteiger partial charge in [0.15, 0.2) is 0 Å². The third-order valence-electron chi connectivity index (χ3n) is 5.13. The summed E-state index contributed by atoms with van der Waals surface area (Å²) in [5.74, 6) is 0. The Bertz CT molecular complexity index is 1500. The summed E-state index contributed by atoms with van der Waals surface area (Å²) < 4.78 is 2.32. The van der Waals surface area contributed by atoms with E-state index in [9.17, 15) is 0 Å². The molecule has 1 nitrogen and oxygen atoms in total. The molecule has 6 aromatic rings. The summed E-state index contributed by atoms with van der Waals surface area (Å²) in [5, 5.41) is 9.22. The Balaban J connectivity index is 1.91. The van der Waals surface area contributed by atoms with Gasteiger partial charge < -0.3 is 0 Å². The van der Waals surface area contributed by atoms with Crippen LogP contribution >= 0.6 is 22.9 Å². The minimum atomic E-state index is 0.592. The van der Waals surface area contributed by atoms with Crippen molar-refractivity contribution in [1.29, 1.82) is 0 Å². The lowest BCUT2D eigenvalue weighted by atomic mass is 9.98. The van der Waals surface area contributed by atoms with Crippen molar-refractivity contribution in [3.05, 3.63) is 77.9 Å². The van der Waals surface area contributed by atoms with Crippen LogP contribution in [0.15, 0.2) is 72.8 Å². The van der Waals surface area contributed by atoms with Gasteiger partial charge in [-0.15, -0.1) is 11.3 Å². The molecule has 2 aromatic heterocycles. The Morgan fingerprint density at radius 3 is 2.38 bits per heavy atom. The quantitative estimate of drug-likeness (QED) is 0.153. The Hall–Kier alpha value is -2.68. The lowest BCUT2D eigenvalue weighted by Crippen LogP contribution is -1.84. The van der Waals surface area contributed by atoms with Crippen molar-refractivity contribution in [2.24, 2.45) is 0 Å². The SMILES string of the molecule is Clc1nc2cc3ccc4ccccc4c3cc2c2c1sc1ccccc12. The smallest absolute Gasteiger partial charge is 0.147 e. The fourth-order valence-electron chi connectivity index (χ4n) is 3.95. The van der Waals surface area contributed by atoms with Gasteiger partial charge in [-0.3, -0.25) is 0 Å². The van der Waals surface area contributed by atoms with Crippen LogP contribution in [-0.4, -0.2) is 4.98 Å². The molecular weight excluding hydrogens is 358 g/mol. The van der Waals surface area contributed by atoms with Gasteiger partial charge in [0.25, 0.3) is 0 Å². The number of thiophene rings is 1. The maximum absolute atomic E-state index is 6.55. The summed E-state index contributed by atoms with van der Waals surface area (Å²) in [6.45, 7) is 0. The normalized spacial score (nSPS) is 12.0. The molecule has 0 bridgehead atoms. The molecule has 0 unspecified atom stereocenters. The number of halogens is 1. The Morgan fingerprint density at radius 1 is 0.692 bits per heavy atom. The molecule has 0 saturated heterocycles. The zero-order valence-corrected chi connectivity index (χ0v) is 15.2. The van der Waals surface area contributed by atoms with Crippen molar-refractivity contribution in [3.8, 4) is 0 Å². The molecule has 2 heterocycles. The highest BCUT2D eigenvalue weighted by Gasteiger charge is 2.14. The summed E-state index contributed by atoms with van der Waals surface area (Å²) in [6.07, 6.45) is 0. The predicted molar refractivity (Wildman–Crippen MR) is 115 cm³/mol. The number of pyridine rings is 1. The number of rotatable bonds is 0. The highest BCUT2D eigenvalue weighted by molar-refractivity contribution is 7.26. The lowest BCUT2D eigenvalue weighted by molar-refractivity contribution is 1.46. The summed E-state index contributed by atoms with van der Waals surface area (Å²) >= 11 is 8.27. The van der Waals surface area contributed by atoms with Crippen LogP contribution in [-0.2, 0) is 0 Å². The molecule has 0 atom stereocenters. The maximum atomic E-state index is 6.55. The van der Waals surface area contributed by atoms with Crippen molar-refractivity contribution in [2.75, 3.05) is 0 Å². The van der Waals surface area contributed by atoms with E-state index in [1.807, 2.05) is 0 Å². The van der Waals surface area contributed by atoms with Gasteiger partial charge >= 0.3 is 0 Å². The van der Waals surface area contributed by atoms with Gasteiger partial charge in [0.1, 0.15) is 5.15 Å². The van der Waals surface area contributed by atoms with Gasteiger partial charge in [0.2, 0.25) is 0 Å². The van der Waals surface area contributed by atoms with E-state index in [-0.39, 0.29) is 0 Å². The van der Waals surface area contributed by atoms with Gasteiger partial charge in [-0.25, -0.2) is 4.98 Å². The Kier molecular flexibility index (Phi) is 2.88. The fourth-order valence-corrected chi connectivity index (χ4v) is 5.35. The van der Waals surface area contributed by atoms with E-state index in [2.05, 4.69) is 72.8 Å². The third kappa shape index (κ3) is 1.89. The molecule has 0 amide bonds. The lowest BCUT2D eigenvalue weighted by Gasteiger charge is -2.08. The highest BCUT2D eigenvalue weighted by Crippen LogP contribution is 2.42. The summed E-state index contributed by atoms with van der Waals surface area (Å²) in [6, 6.07) is 25.8. The first-order valence-corrected chi connectivity index (χ1v) is 9.71. The van der Waals surface area contributed by atoms with Gasteiger partial charge in [-0.2, -0.15) is 0 Å². The first-order valence-electron chi connectivity index (χ1n) is 8.51. The molecule has 0 fully saturated rings. The molecule has 0 spiro atoms. The van der Waals surface area contributed by atoms with Crippen molar-refractivity contribution in [1.82, 2.24) is 4.98 Å². The van der Waals surface area contributed by atoms with Gasteiger partial charge in [-0.1, -0.05) is 66.2 Å². The second kappa shape index (κ2) is 5.16. The molecule has 0 aliphatic rings. The fraction of sp³-hybridized carbons (Fsp3) is 0. The van der Waals surface area contributed by atoms with Gasteiger partial charge in [0.05, 0.1) is 10.2 Å². The molecule has 4 aromatic carbocycles. The summed E-state index contributed by atoms with van der Waals surface area (Å²) in [7, 11) is 0. The molecule has 0 saturated carbocycles. The van der Waals surface area contributed by atoms with Crippen molar-refractivity contribution in [3.63, 3.8) is 0 Å². The number of nitrogens with zero attached hydrogens (tertiary/aromatic N) is 1. The molecule has 3 heteroatoms. The number of hydrogen-bond donors (Lipinski definition) is 0. The van der Waals surface area contributed by atoms with E-state index < -0.39 is 0 Å².